The summed E-state index contributed by atoms with van der Waals surface area (Å²) >= 11 is 3.70. The fraction of sp³-hybridized carbons (Fsp3) is 1.00. The predicted octanol–water partition coefficient (Wildman–Crippen LogP) is 2.85. The van der Waals surface area contributed by atoms with Gasteiger partial charge in [-0.25, -0.2) is 0 Å². The molecule has 0 amide bonds. The quantitative estimate of drug-likeness (QED) is 0.562. The molecule has 3 heteroatoms. The van der Waals surface area contributed by atoms with Crippen LogP contribution in [0.3, 0.4) is 0 Å². The van der Waals surface area contributed by atoms with E-state index in [0.717, 1.165) is 39.3 Å². The van der Waals surface area contributed by atoms with Gasteiger partial charge in [0.1, 0.15) is 0 Å². The zero-order chi connectivity index (χ0) is 10.4. The average Bonchev–Trinajstić information content (AvgIpc) is 2.15. The normalized spacial score (nSPS) is 28.3. The third-order valence-corrected chi connectivity index (χ3v) is 3.67. The molecule has 2 atom stereocenters. The van der Waals surface area contributed by atoms with Crippen LogP contribution in [0.1, 0.15) is 26.7 Å². The van der Waals surface area contributed by atoms with E-state index in [9.17, 15) is 0 Å². The molecule has 1 heterocycles. The molecule has 1 aliphatic heterocycles. The van der Waals surface area contributed by atoms with Gasteiger partial charge in [-0.1, -0.05) is 29.8 Å². The summed E-state index contributed by atoms with van der Waals surface area (Å²) in [5.74, 6) is 1.27. The summed E-state index contributed by atoms with van der Waals surface area (Å²) in [5.41, 5.74) is 0. The van der Waals surface area contributed by atoms with Crippen molar-refractivity contribution in [1.29, 1.82) is 0 Å². The van der Waals surface area contributed by atoms with Gasteiger partial charge in [-0.05, 0) is 24.7 Å². The molecule has 0 saturated carbocycles. The fourth-order valence-electron chi connectivity index (χ4n) is 1.59. The molecule has 0 spiro atoms. The standard InChI is InChI=1S/C11H21BrO2/c1-9(2)7-13-5-3-10-8-14-6-4-11(10)12/h9-11H,3-8H2,1-2H3. The van der Waals surface area contributed by atoms with E-state index >= 15 is 0 Å². The molecule has 0 aliphatic carbocycles. The number of rotatable bonds is 5. The van der Waals surface area contributed by atoms with Crippen LogP contribution in [0, 0.1) is 11.8 Å². The predicted molar refractivity (Wildman–Crippen MR) is 61.9 cm³/mol. The summed E-state index contributed by atoms with van der Waals surface area (Å²) in [5, 5.41) is 0. The van der Waals surface area contributed by atoms with Gasteiger partial charge in [0.25, 0.3) is 0 Å². The molecule has 0 radical (unpaired) electrons. The third-order valence-electron chi connectivity index (χ3n) is 2.47. The number of hydrogen-bond donors (Lipinski definition) is 0. The summed E-state index contributed by atoms with van der Waals surface area (Å²) < 4.78 is 11.0. The number of halogens is 1. The lowest BCUT2D eigenvalue weighted by Crippen LogP contribution is -2.28. The third kappa shape index (κ3) is 4.76. The lowest BCUT2D eigenvalue weighted by Gasteiger charge is -2.27. The Morgan fingerprint density at radius 3 is 2.93 bits per heavy atom. The van der Waals surface area contributed by atoms with E-state index in [1.165, 1.54) is 0 Å². The molecule has 1 aliphatic rings. The van der Waals surface area contributed by atoms with Crippen molar-refractivity contribution < 1.29 is 9.47 Å². The summed E-state index contributed by atoms with van der Waals surface area (Å²) in [6.07, 6.45) is 2.25. The van der Waals surface area contributed by atoms with Crippen molar-refractivity contribution in [3.63, 3.8) is 0 Å². The monoisotopic (exact) mass is 264 g/mol. The van der Waals surface area contributed by atoms with Gasteiger partial charge >= 0.3 is 0 Å². The number of ether oxygens (including phenoxy) is 2. The molecule has 14 heavy (non-hydrogen) atoms. The number of alkyl halides is 1. The second-order valence-corrected chi connectivity index (χ2v) is 5.57. The molecule has 84 valence electrons. The first-order valence-electron chi connectivity index (χ1n) is 5.49. The van der Waals surface area contributed by atoms with Crippen LogP contribution in [0.5, 0.6) is 0 Å². The van der Waals surface area contributed by atoms with Crippen LogP contribution in [0.2, 0.25) is 0 Å². The number of hydrogen-bond acceptors (Lipinski definition) is 2. The van der Waals surface area contributed by atoms with Gasteiger partial charge in [0.2, 0.25) is 0 Å². The first kappa shape index (κ1) is 12.5. The van der Waals surface area contributed by atoms with E-state index in [4.69, 9.17) is 9.47 Å². The van der Waals surface area contributed by atoms with E-state index in [1.807, 2.05) is 0 Å². The van der Waals surface area contributed by atoms with Gasteiger partial charge in [0.05, 0.1) is 6.61 Å². The molecule has 1 fully saturated rings. The lowest BCUT2D eigenvalue weighted by atomic mass is 9.99. The molecule has 1 saturated heterocycles. The molecular formula is C11H21BrO2. The van der Waals surface area contributed by atoms with Crippen LogP contribution in [0.25, 0.3) is 0 Å². The largest absolute Gasteiger partial charge is 0.381 e. The first-order valence-corrected chi connectivity index (χ1v) is 6.41. The molecule has 0 bridgehead atoms. The highest BCUT2D eigenvalue weighted by Crippen LogP contribution is 2.24. The van der Waals surface area contributed by atoms with Gasteiger partial charge in [-0.15, -0.1) is 0 Å². The van der Waals surface area contributed by atoms with Crippen molar-refractivity contribution >= 4 is 15.9 Å². The molecule has 0 aromatic carbocycles. The minimum atomic E-state index is 0.624. The second-order valence-electron chi connectivity index (χ2n) is 4.40. The highest BCUT2D eigenvalue weighted by Gasteiger charge is 2.22. The maximum absolute atomic E-state index is 5.57. The van der Waals surface area contributed by atoms with Crippen LogP contribution in [0.4, 0.5) is 0 Å². The maximum atomic E-state index is 5.57. The average molecular weight is 265 g/mol. The van der Waals surface area contributed by atoms with Gasteiger partial charge in [-0.2, -0.15) is 0 Å². The summed E-state index contributed by atoms with van der Waals surface area (Å²) in [6.45, 7) is 7.89. The minimum absolute atomic E-state index is 0.624. The Morgan fingerprint density at radius 2 is 2.29 bits per heavy atom. The Balaban J connectivity index is 2.04. The zero-order valence-corrected chi connectivity index (χ0v) is 10.8. The summed E-state index contributed by atoms with van der Waals surface area (Å²) in [7, 11) is 0. The smallest absolute Gasteiger partial charge is 0.0505 e. The molecule has 0 aromatic rings. The fourth-order valence-corrected chi connectivity index (χ4v) is 2.19. The molecule has 0 aromatic heterocycles. The van der Waals surface area contributed by atoms with Crippen molar-refractivity contribution in [3.8, 4) is 0 Å². The van der Waals surface area contributed by atoms with E-state index in [1.54, 1.807) is 0 Å². The van der Waals surface area contributed by atoms with Gasteiger partial charge in [0, 0.05) is 24.6 Å². The van der Waals surface area contributed by atoms with Gasteiger partial charge in [-0.3, -0.25) is 0 Å². The Labute approximate surface area is 95.5 Å². The van der Waals surface area contributed by atoms with Crippen molar-refractivity contribution in [2.45, 2.75) is 31.5 Å². The Morgan fingerprint density at radius 1 is 1.50 bits per heavy atom. The first-order chi connectivity index (χ1) is 6.70. The summed E-state index contributed by atoms with van der Waals surface area (Å²) in [4.78, 5) is 0.624. The zero-order valence-electron chi connectivity index (χ0n) is 9.17. The Bertz CT molecular complexity index is 150. The van der Waals surface area contributed by atoms with E-state index in [2.05, 4.69) is 29.8 Å². The highest BCUT2D eigenvalue weighted by molar-refractivity contribution is 9.09. The molecule has 2 nitrogen and oxygen atoms in total. The second kappa shape index (κ2) is 6.81. The van der Waals surface area contributed by atoms with E-state index in [0.29, 0.717) is 16.7 Å². The molecule has 2 unspecified atom stereocenters. The van der Waals surface area contributed by atoms with Crippen LogP contribution in [-0.2, 0) is 9.47 Å². The van der Waals surface area contributed by atoms with Crippen LogP contribution in [0.15, 0.2) is 0 Å². The Kier molecular flexibility index (Phi) is 6.06. The summed E-state index contributed by atoms with van der Waals surface area (Å²) in [6, 6.07) is 0. The highest BCUT2D eigenvalue weighted by atomic mass is 79.9. The van der Waals surface area contributed by atoms with E-state index in [-0.39, 0.29) is 0 Å². The van der Waals surface area contributed by atoms with Gasteiger partial charge in [0.15, 0.2) is 0 Å². The van der Waals surface area contributed by atoms with Crippen LogP contribution < -0.4 is 0 Å². The van der Waals surface area contributed by atoms with Crippen molar-refractivity contribution in [2.75, 3.05) is 26.4 Å². The molecular weight excluding hydrogens is 244 g/mol. The van der Waals surface area contributed by atoms with Gasteiger partial charge < -0.3 is 9.47 Å². The van der Waals surface area contributed by atoms with Crippen molar-refractivity contribution in [3.05, 3.63) is 0 Å². The topological polar surface area (TPSA) is 18.5 Å². The van der Waals surface area contributed by atoms with Crippen molar-refractivity contribution in [1.82, 2.24) is 0 Å². The lowest BCUT2D eigenvalue weighted by molar-refractivity contribution is 0.0352. The maximum Gasteiger partial charge on any atom is 0.0505 e. The van der Waals surface area contributed by atoms with Crippen LogP contribution in [-0.4, -0.2) is 31.3 Å². The molecule has 0 N–H and O–H groups in total. The molecule has 1 rings (SSSR count). The van der Waals surface area contributed by atoms with Crippen LogP contribution >= 0.6 is 15.9 Å². The van der Waals surface area contributed by atoms with E-state index < -0.39 is 0 Å². The Hall–Kier alpha value is 0.400. The van der Waals surface area contributed by atoms with Crippen molar-refractivity contribution in [2.24, 2.45) is 11.8 Å². The minimum Gasteiger partial charge on any atom is -0.381 e. The SMILES string of the molecule is CC(C)COCCC1COCCC1Br.